The van der Waals surface area contributed by atoms with Crippen LogP contribution in [0.5, 0.6) is 0 Å². The number of amides is 1. The summed E-state index contributed by atoms with van der Waals surface area (Å²) in [6, 6.07) is 9.39. The van der Waals surface area contributed by atoms with Crippen molar-refractivity contribution >= 4 is 18.1 Å². The Labute approximate surface area is 70.1 Å². The number of carbonyl (C=O) groups is 1. The summed E-state index contributed by atoms with van der Waals surface area (Å²) in [5, 5.41) is 7.05. The first-order chi connectivity index (χ1) is 5.75. The van der Waals surface area contributed by atoms with Gasteiger partial charge in [0.05, 0.1) is 5.69 Å². The van der Waals surface area contributed by atoms with Crippen LogP contribution in [-0.2, 0) is 4.79 Å². The number of rotatable bonds is 2. The molecule has 0 unspecified atom stereocenters. The van der Waals surface area contributed by atoms with E-state index in [-0.39, 0.29) is 5.96 Å². The van der Waals surface area contributed by atoms with Crippen molar-refractivity contribution < 1.29 is 4.79 Å². The van der Waals surface area contributed by atoms with Crippen molar-refractivity contribution in [1.29, 1.82) is 5.41 Å². The lowest BCUT2D eigenvalue weighted by Gasteiger charge is -2.13. The summed E-state index contributed by atoms with van der Waals surface area (Å²) in [6.45, 7) is 0. The predicted octanol–water partition coefficient (Wildman–Crippen LogP) is 0.343. The van der Waals surface area contributed by atoms with E-state index in [0.29, 0.717) is 12.1 Å². The zero-order valence-electron chi connectivity index (χ0n) is 6.32. The van der Waals surface area contributed by atoms with Crippen LogP contribution in [0.4, 0.5) is 5.69 Å². The van der Waals surface area contributed by atoms with Gasteiger partial charge < -0.3 is 5.73 Å². The van der Waals surface area contributed by atoms with Gasteiger partial charge in [-0.15, -0.1) is 0 Å². The molecule has 0 saturated heterocycles. The van der Waals surface area contributed by atoms with Crippen LogP contribution in [0.15, 0.2) is 24.3 Å². The van der Waals surface area contributed by atoms with Crippen molar-refractivity contribution in [2.45, 2.75) is 0 Å². The molecule has 1 rings (SSSR count). The number of hydrogen-bond donors (Lipinski definition) is 2. The molecule has 0 aromatic heterocycles. The highest BCUT2D eigenvalue weighted by Gasteiger charge is 2.05. The van der Waals surface area contributed by atoms with Crippen LogP contribution < -0.4 is 10.6 Å². The number of nitrogens with one attached hydrogen (secondary N) is 1. The molecular weight excluding hydrogens is 154 g/mol. The molecule has 4 nitrogen and oxygen atoms in total. The van der Waals surface area contributed by atoms with E-state index in [0.717, 1.165) is 4.90 Å². The molecule has 3 N–H and O–H groups in total. The number of nitrogens with zero attached hydrogens (tertiary/aromatic N) is 1. The van der Waals surface area contributed by atoms with Gasteiger partial charge in [0, 0.05) is 0 Å². The first kappa shape index (κ1) is 8.26. The summed E-state index contributed by atoms with van der Waals surface area (Å²) in [5.41, 5.74) is 5.71. The lowest BCUT2D eigenvalue weighted by molar-refractivity contribution is -0.106. The van der Waals surface area contributed by atoms with Crippen molar-refractivity contribution in [3.8, 4) is 0 Å². The van der Waals surface area contributed by atoms with Crippen LogP contribution in [0.2, 0.25) is 0 Å². The fraction of sp³-hybridized carbons (Fsp3) is 0. The van der Waals surface area contributed by atoms with Gasteiger partial charge in [-0.1, -0.05) is 12.1 Å². The van der Waals surface area contributed by atoms with Gasteiger partial charge in [-0.3, -0.25) is 15.1 Å². The number of anilines is 1. The molecule has 4 heteroatoms. The second-order valence-corrected chi connectivity index (χ2v) is 2.12. The quantitative estimate of drug-likeness (QED) is 0.374. The fourth-order valence-corrected chi connectivity index (χ4v) is 0.795. The number of carbonyl (C=O) groups excluding carboxylic acids is 1. The lowest BCUT2D eigenvalue weighted by Crippen LogP contribution is -2.35. The summed E-state index contributed by atoms with van der Waals surface area (Å²) in [4.78, 5) is 11.5. The maximum atomic E-state index is 10.4. The van der Waals surface area contributed by atoms with Gasteiger partial charge in [-0.05, 0) is 18.2 Å². The molecule has 1 radical (unpaired) electrons. The van der Waals surface area contributed by atoms with E-state index >= 15 is 0 Å². The Kier molecular flexibility index (Phi) is 2.42. The zero-order chi connectivity index (χ0) is 8.97. The monoisotopic (exact) mass is 162 g/mol. The van der Waals surface area contributed by atoms with E-state index in [4.69, 9.17) is 11.1 Å². The Bertz CT molecular complexity index is 284. The average molecular weight is 162 g/mol. The third-order valence-corrected chi connectivity index (χ3v) is 1.34. The Morgan fingerprint density at radius 1 is 1.58 bits per heavy atom. The number of nitrogens with two attached hydrogens (primary N) is 1. The SMILES string of the molecule is N=C(N)N(C=O)c1cc[c]cc1. The minimum absolute atomic E-state index is 0.295. The van der Waals surface area contributed by atoms with E-state index in [1.807, 2.05) is 0 Å². The second-order valence-electron chi connectivity index (χ2n) is 2.12. The molecule has 0 saturated carbocycles. The summed E-state index contributed by atoms with van der Waals surface area (Å²) in [5.74, 6) is -0.295. The molecule has 0 heterocycles. The Morgan fingerprint density at radius 3 is 2.58 bits per heavy atom. The highest BCUT2D eigenvalue weighted by molar-refractivity contribution is 6.06. The molecule has 0 aliphatic carbocycles. The van der Waals surface area contributed by atoms with E-state index in [1.165, 1.54) is 0 Å². The number of benzene rings is 1. The van der Waals surface area contributed by atoms with Crippen LogP contribution in [-0.4, -0.2) is 12.4 Å². The van der Waals surface area contributed by atoms with E-state index in [2.05, 4.69) is 6.07 Å². The summed E-state index contributed by atoms with van der Waals surface area (Å²) in [6.07, 6.45) is 0.498. The van der Waals surface area contributed by atoms with Gasteiger partial charge in [-0.25, -0.2) is 0 Å². The Morgan fingerprint density at radius 2 is 2.17 bits per heavy atom. The first-order valence-corrected chi connectivity index (χ1v) is 3.30. The first-order valence-electron chi connectivity index (χ1n) is 3.30. The number of hydrogen-bond acceptors (Lipinski definition) is 2. The lowest BCUT2D eigenvalue weighted by atomic mass is 10.3. The molecular formula is C8H8N3O. The Balaban J connectivity index is 2.95. The minimum atomic E-state index is -0.295. The summed E-state index contributed by atoms with van der Waals surface area (Å²) >= 11 is 0. The van der Waals surface area contributed by atoms with Crippen LogP contribution in [0.25, 0.3) is 0 Å². The van der Waals surface area contributed by atoms with Crippen molar-refractivity contribution in [3.63, 3.8) is 0 Å². The van der Waals surface area contributed by atoms with E-state index < -0.39 is 0 Å². The third-order valence-electron chi connectivity index (χ3n) is 1.34. The molecule has 1 aromatic rings. The van der Waals surface area contributed by atoms with Crippen LogP contribution in [0.1, 0.15) is 0 Å². The van der Waals surface area contributed by atoms with Crippen molar-refractivity contribution in [3.05, 3.63) is 30.3 Å². The van der Waals surface area contributed by atoms with Crippen molar-refractivity contribution in [2.24, 2.45) is 5.73 Å². The highest BCUT2D eigenvalue weighted by atomic mass is 16.1. The maximum Gasteiger partial charge on any atom is 0.221 e. The van der Waals surface area contributed by atoms with Crippen molar-refractivity contribution in [1.82, 2.24) is 0 Å². The van der Waals surface area contributed by atoms with Gasteiger partial charge >= 0.3 is 0 Å². The molecule has 1 aromatic carbocycles. The van der Waals surface area contributed by atoms with Gasteiger partial charge in [0.15, 0.2) is 5.96 Å². The minimum Gasteiger partial charge on any atom is -0.369 e. The van der Waals surface area contributed by atoms with E-state index in [1.54, 1.807) is 24.3 Å². The summed E-state index contributed by atoms with van der Waals surface area (Å²) < 4.78 is 0. The topological polar surface area (TPSA) is 70.2 Å². The zero-order valence-corrected chi connectivity index (χ0v) is 6.32. The normalized spacial score (nSPS) is 9.00. The average Bonchev–Trinajstić information content (AvgIpc) is 2.07. The van der Waals surface area contributed by atoms with E-state index in [9.17, 15) is 4.79 Å². The second kappa shape index (κ2) is 3.52. The van der Waals surface area contributed by atoms with Crippen LogP contribution in [0.3, 0.4) is 0 Å². The Hall–Kier alpha value is -1.84. The third kappa shape index (κ3) is 1.60. The maximum absolute atomic E-state index is 10.4. The highest BCUT2D eigenvalue weighted by Crippen LogP contribution is 2.09. The van der Waals surface area contributed by atoms with Gasteiger partial charge in [0.25, 0.3) is 0 Å². The molecule has 1 amide bonds. The smallest absolute Gasteiger partial charge is 0.221 e. The van der Waals surface area contributed by atoms with Gasteiger partial charge in [-0.2, -0.15) is 0 Å². The van der Waals surface area contributed by atoms with Gasteiger partial charge in [0.1, 0.15) is 0 Å². The standard InChI is InChI=1S/C8H8N3O/c9-8(10)11(6-12)7-4-2-1-3-5-7/h2-6H,(H3,9,10). The predicted molar refractivity (Wildman–Crippen MR) is 45.7 cm³/mol. The molecule has 0 aliphatic rings. The summed E-state index contributed by atoms with van der Waals surface area (Å²) in [7, 11) is 0. The largest absolute Gasteiger partial charge is 0.369 e. The molecule has 0 atom stereocenters. The van der Waals surface area contributed by atoms with Gasteiger partial charge in [0.2, 0.25) is 6.41 Å². The molecule has 0 spiro atoms. The number of guanidine groups is 1. The van der Waals surface area contributed by atoms with Crippen molar-refractivity contribution in [2.75, 3.05) is 4.90 Å². The molecule has 0 bridgehead atoms. The molecule has 0 aliphatic heterocycles. The molecule has 12 heavy (non-hydrogen) atoms. The fourth-order valence-electron chi connectivity index (χ4n) is 0.795. The molecule has 61 valence electrons. The molecule has 0 fully saturated rings. The van der Waals surface area contributed by atoms with Crippen LogP contribution in [0, 0.1) is 11.5 Å². The van der Waals surface area contributed by atoms with Crippen LogP contribution >= 0.6 is 0 Å².